The van der Waals surface area contributed by atoms with Crippen molar-refractivity contribution in [1.82, 2.24) is 0 Å². The minimum atomic E-state index is -1.10. The SMILES string of the molecule is C1=c2ccc3c(c2N=[C]1[Zr+2][C]1=Nc2c4c(ccc2=C1)=c1ccccc1=C4)C=c1ccccc1=3.[Cl-].[Cl-]. The van der Waals surface area contributed by atoms with Crippen LogP contribution in [0.3, 0.4) is 0 Å². The zero-order chi connectivity index (χ0) is 21.5. The molecule has 0 bridgehead atoms. The van der Waals surface area contributed by atoms with Gasteiger partial charge in [0.25, 0.3) is 0 Å². The van der Waals surface area contributed by atoms with Gasteiger partial charge in [-0.3, -0.25) is 0 Å². The summed E-state index contributed by atoms with van der Waals surface area (Å²) in [5.41, 5.74) is 4.82. The van der Waals surface area contributed by atoms with Crippen LogP contribution >= 0.6 is 0 Å². The molecule has 0 saturated carbocycles. The number of hydrogen-bond donors (Lipinski definition) is 0. The van der Waals surface area contributed by atoms with Crippen LogP contribution < -0.4 is 45.7 Å². The van der Waals surface area contributed by atoms with E-state index in [4.69, 9.17) is 9.98 Å². The van der Waals surface area contributed by atoms with Crippen molar-refractivity contribution >= 4 is 42.5 Å². The smallest absolute Gasteiger partial charge is 1.00 e. The van der Waals surface area contributed by atoms with Gasteiger partial charge in [0.15, 0.2) is 0 Å². The van der Waals surface area contributed by atoms with Gasteiger partial charge in [0.2, 0.25) is 0 Å². The molecule has 35 heavy (non-hydrogen) atoms. The first kappa shape index (κ1) is 22.6. The molecule has 2 nitrogen and oxygen atoms in total. The Hall–Kier alpha value is -2.84. The molecule has 2 aliphatic heterocycles. The van der Waals surface area contributed by atoms with Gasteiger partial charge >= 0.3 is 201 Å². The second-order valence-electron chi connectivity index (χ2n) is 8.80. The van der Waals surface area contributed by atoms with Crippen molar-refractivity contribution in [3.63, 3.8) is 0 Å². The molecule has 4 aromatic rings. The molecule has 0 fully saturated rings. The van der Waals surface area contributed by atoms with E-state index in [0.29, 0.717) is 0 Å². The van der Waals surface area contributed by atoms with Gasteiger partial charge in [0, 0.05) is 0 Å². The first-order valence-corrected chi connectivity index (χ1v) is 13.6. The summed E-state index contributed by atoms with van der Waals surface area (Å²) in [5.74, 6) is 0. The number of benzene rings is 4. The second kappa shape index (κ2) is 8.38. The van der Waals surface area contributed by atoms with E-state index < -0.39 is 23.2 Å². The van der Waals surface area contributed by atoms with E-state index in [-0.39, 0.29) is 24.8 Å². The molecular formula is C30H16Cl2N2Zr. The summed E-state index contributed by atoms with van der Waals surface area (Å²) < 4.78 is 2.50. The third-order valence-electron chi connectivity index (χ3n) is 6.90. The molecule has 164 valence electrons. The quantitative estimate of drug-likeness (QED) is 0.214. The van der Waals surface area contributed by atoms with Crippen molar-refractivity contribution in [3.05, 3.63) is 126 Å². The van der Waals surface area contributed by atoms with E-state index in [1.54, 1.807) is 0 Å². The third kappa shape index (κ3) is 3.33. The zero-order valence-electron chi connectivity index (χ0n) is 18.4. The fourth-order valence-corrected chi connectivity index (χ4v) is 7.99. The van der Waals surface area contributed by atoms with E-state index in [1.165, 1.54) is 59.7 Å². The van der Waals surface area contributed by atoms with Gasteiger partial charge in [-0.25, -0.2) is 0 Å². The van der Waals surface area contributed by atoms with Crippen molar-refractivity contribution in [3.8, 4) is 0 Å². The average Bonchev–Trinajstić information content (AvgIpc) is 3.59. The maximum Gasteiger partial charge on any atom is -1.00 e. The first-order chi connectivity index (χ1) is 16.3. The summed E-state index contributed by atoms with van der Waals surface area (Å²) in [6, 6.07) is 26.2. The number of aliphatic imine (C=N–C) groups is 2. The Morgan fingerprint density at radius 3 is 1.37 bits per heavy atom. The van der Waals surface area contributed by atoms with Gasteiger partial charge in [0.05, 0.1) is 0 Å². The molecule has 5 heteroatoms. The predicted molar refractivity (Wildman–Crippen MR) is 130 cm³/mol. The molecule has 0 saturated heterocycles. The number of halogens is 2. The van der Waals surface area contributed by atoms with Crippen LogP contribution in [0.15, 0.2) is 82.8 Å². The molecule has 0 radical (unpaired) electrons. The van der Waals surface area contributed by atoms with Crippen LogP contribution in [0, 0.1) is 20.9 Å². The number of fused-ring (bicyclic) bond motifs is 8. The van der Waals surface area contributed by atoms with Crippen LogP contribution in [0.1, 0.15) is 11.1 Å². The van der Waals surface area contributed by atoms with Gasteiger partial charge in [-0.1, -0.05) is 0 Å². The summed E-state index contributed by atoms with van der Waals surface area (Å²) in [6.45, 7) is 0. The zero-order valence-corrected chi connectivity index (χ0v) is 22.4. The van der Waals surface area contributed by atoms with Crippen LogP contribution in [0.5, 0.6) is 0 Å². The monoisotopic (exact) mass is 564 g/mol. The Morgan fingerprint density at radius 1 is 0.429 bits per heavy atom. The maximum absolute atomic E-state index is 5.13. The standard InChI is InChI=1S/2C15H8N.2ClH.Zr/c2*1-2-4-12-11(3-1)9-14-13(12)6-5-10-7-8-16-15(10)14;;;/h2*1-7,9H;2*1H;/q;;;;+2/p-2. The third-order valence-corrected chi connectivity index (χ3v) is 9.42. The van der Waals surface area contributed by atoms with Crippen LogP contribution in [0.4, 0.5) is 11.4 Å². The molecular weight excluding hydrogens is 550 g/mol. The fraction of sp³-hybridized carbons (Fsp3) is 0. The van der Waals surface area contributed by atoms with E-state index in [9.17, 15) is 0 Å². The Morgan fingerprint density at radius 2 is 0.886 bits per heavy atom. The van der Waals surface area contributed by atoms with E-state index in [2.05, 4.69) is 97.1 Å². The Labute approximate surface area is 224 Å². The summed E-state index contributed by atoms with van der Waals surface area (Å²) in [4.78, 5) is 10.3. The van der Waals surface area contributed by atoms with Crippen LogP contribution in [-0.2, 0) is 23.2 Å². The van der Waals surface area contributed by atoms with Crippen molar-refractivity contribution in [2.24, 2.45) is 9.98 Å². The fourth-order valence-electron chi connectivity index (χ4n) is 5.40. The molecule has 4 aliphatic rings. The normalized spacial score (nSPS) is 13.8. The van der Waals surface area contributed by atoms with Crippen molar-refractivity contribution < 1.29 is 48.0 Å². The van der Waals surface area contributed by atoms with Crippen molar-refractivity contribution in [1.29, 1.82) is 0 Å². The van der Waals surface area contributed by atoms with E-state index >= 15 is 0 Å². The molecule has 8 rings (SSSR count). The van der Waals surface area contributed by atoms with Crippen LogP contribution in [-0.4, -0.2) is 6.84 Å². The molecule has 0 unspecified atom stereocenters. The predicted octanol–water partition coefficient (Wildman–Crippen LogP) is -3.02. The van der Waals surface area contributed by atoms with E-state index in [0.717, 1.165) is 11.4 Å². The molecule has 0 aromatic heterocycles. The van der Waals surface area contributed by atoms with Crippen LogP contribution in [0.25, 0.3) is 24.3 Å². The van der Waals surface area contributed by atoms with Gasteiger partial charge in [-0.15, -0.1) is 0 Å². The van der Waals surface area contributed by atoms with Gasteiger partial charge in [-0.2, -0.15) is 0 Å². The molecule has 0 N–H and O–H groups in total. The Balaban J connectivity index is 0.00000114. The van der Waals surface area contributed by atoms with Crippen molar-refractivity contribution in [2.75, 3.05) is 0 Å². The minimum absolute atomic E-state index is 0. The average molecular weight is 567 g/mol. The molecule has 0 spiro atoms. The minimum Gasteiger partial charge on any atom is -1.00 e. The number of rotatable bonds is 2. The molecule has 2 heterocycles. The molecule has 4 aromatic carbocycles. The summed E-state index contributed by atoms with van der Waals surface area (Å²) >= 11 is -1.10. The summed E-state index contributed by atoms with van der Waals surface area (Å²) in [6.07, 6.45) is 9.18. The Kier molecular flexibility index (Phi) is 5.42. The molecule has 0 atom stereocenters. The van der Waals surface area contributed by atoms with Gasteiger partial charge in [-0.05, 0) is 0 Å². The number of hydrogen-bond acceptors (Lipinski definition) is 2. The summed E-state index contributed by atoms with van der Waals surface area (Å²) in [7, 11) is 0. The van der Waals surface area contributed by atoms with Crippen LogP contribution in [0.2, 0.25) is 0 Å². The maximum atomic E-state index is 5.13. The summed E-state index contributed by atoms with van der Waals surface area (Å²) in [5, 5.41) is 10.3. The topological polar surface area (TPSA) is 24.7 Å². The van der Waals surface area contributed by atoms with Gasteiger partial charge < -0.3 is 24.8 Å². The second-order valence-corrected chi connectivity index (χ2v) is 11.9. The molecule has 2 aliphatic carbocycles. The van der Waals surface area contributed by atoms with Crippen molar-refractivity contribution in [2.45, 2.75) is 0 Å². The first-order valence-electron chi connectivity index (χ1n) is 11.2. The number of nitrogens with zero attached hydrogens (tertiary/aromatic N) is 2. The molecule has 0 amide bonds. The Bertz CT molecular complexity index is 1960. The largest absolute Gasteiger partial charge is 1.00 e. The van der Waals surface area contributed by atoms with E-state index in [1.807, 2.05) is 0 Å². The van der Waals surface area contributed by atoms with Gasteiger partial charge in [0.1, 0.15) is 0 Å².